The first-order valence-corrected chi connectivity index (χ1v) is 3.98. The molecule has 9 nitrogen and oxygen atoms in total. The number of nitrogen functional groups attached to an aromatic ring is 1. The number of nitrogens with zero attached hydrogens (tertiary/aromatic N) is 4. The van der Waals surface area contributed by atoms with Crippen LogP contribution in [0.2, 0.25) is 0 Å². The number of carboxylic acid groups (broad SMARTS) is 2. The third-order valence-electron chi connectivity index (χ3n) is 1.89. The lowest BCUT2D eigenvalue weighted by molar-refractivity contribution is 0.0682. The summed E-state index contributed by atoms with van der Waals surface area (Å²) in [5.74, 6) is -2.87. The van der Waals surface area contributed by atoms with Crippen molar-refractivity contribution in [2.75, 3.05) is 5.73 Å². The standard InChI is InChI=1S/C7H5N5O4/c8-4-2(6(13)14)10-11-5-3(7(15)16)9-1-12(4)5/h1H,8H2,(H,13,14)(H,15,16). The Kier molecular flexibility index (Phi) is 1.94. The molecule has 0 aliphatic heterocycles. The summed E-state index contributed by atoms with van der Waals surface area (Å²) >= 11 is 0. The Bertz CT molecular complexity index is 604. The van der Waals surface area contributed by atoms with Crippen molar-refractivity contribution in [1.82, 2.24) is 19.6 Å². The zero-order chi connectivity index (χ0) is 11.9. The van der Waals surface area contributed by atoms with Crippen molar-refractivity contribution in [3.05, 3.63) is 17.7 Å². The maximum Gasteiger partial charge on any atom is 0.360 e. The number of rotatable bonds is 2. The van der Waals surface area contributed by atoms with Crippen molar-refractivity contribution >= 4 is 23.4 Å². The maximum absolute atomic E-state index is 10.7. The van der Waals surface area contributed by atoms with Gasteiger partial charge in [0.1, 0.15) is 12.1 Å². The van der Waals surface area contributed by atoms with Gasteiger partial charge in [0.05, 0.1) is 0 Å². The molecule has 0 bridgehead atoms. The number of carboxylic acids is 2. The molecule has 2 aromatic heterocycles. The maximum atomic E-state index is 10.7. The molecule has 4 N–H and O–H groups in total. The predicted octanol–water partition coefficient (Wildman–Crippen LogP) is -0.897. The van der Waals surface area contributed by atoms with Gasteiger partial charge in [-0.15, -0.1) is 10.2 Å². The van der Waals surface area contributed by atoms with E-state index < -0.39 is 17.6 Å². The highest BCUT2D eigenvalue weighted by atomic mass is 16.4. The Morgan fingerprint density at radius 1 is 1.19 bits per heavy atom. The van der Waals surface area contributed by atoms with Crippen LogP contribution in [0.4, 0.5) is 5.82 Å². The Morgan fingerprint density at radius 2 is 1.81 bits per heavy atom. The number of aromatic carboxylic acids is 2. The SMILES string of the molecule is Nc1c(C(=O)O)nnc2c(C(=O)O)ncn12. The Labute approximate surface area is 87.2 Å². The van der Waals surface area contributed by atoms with Crippen LogP contribution in [0.15, 0.2) is 6.33 Å². The average Bonchev–Trinajstić information content (AvgIpc) is 2.61. The molecule has 2 aromatic rings. The van der Waals surface area contributed by atoms with E-state index in [9.17, 15) is 9.59 Å². The second-order valence-electron chi connectivity index (χ2n) is 2.83. The van der Waals surface area contributed by atoms with Crippen LogP contribution in [0.5, 0.6) is 0 Å². The zero-order valence-corrected chi connectivity index (χ0v) is 7.65. The van der Waals surface area contributed by atoms with Gasteiger partial charge in [0, 0.05) is 0 Å². The average molecular weight is 223 g/mol. The summed E-state index contributed by atoms with van der Waals surface area (Å²) in [5, 5.41) is 24.2. The molecule has 82 valence electrons. The van der Waals surface area contributed by atoms with E-state index in [2.05, 4.69) is 15.2 Å². The minimum absolute atomic E-state index is 0.102. The summed E-state index contributed by atoms with van der Waals surface area (Å²) < 4.78 is 1.06. The Hall–Kier alpha value is -2.71. The fourth-order valence-electron chi connectivity index (χ4n) is 1.18. The van der Waals surface area contributed by atoms with Gasteiger partial charge in [0.15, 0.2) is 11.3 Å². The third-order valence-corrected chi connectivity index (χ3v) is 1.89. The molecule has 0 aromatic carbocycles. The van der Waals surface area contributed by atoms with E-state index in [1.807, 2.05) is 0 Å². The molecule has 0 radical (unpaired) electrons. The van der Waals surface area contributed by atoms with E-state index in [-0.39, 0.29) is 17.2 Å². The summed E-state index contributed by atoms with van der Waals surface area (Å²) in [7, 11) is 0. The number of carbonyl (C=O) groups is 2. The van der Waals surface area contributed by atoms with Gasteiger partial charge in [-0.25, -0.2) is 14.6 Å². The monoisotopic (exact) mass is 223 g/mol. The third kappa shape index (κ3) is 1.22. The molecule has 0 aliphatic carbocycles. The van der Waals surface area contributed by atoms with Gasteiger partial charge in [-0.05, 0) is 0 Å². The molecule has 16 heavy (non-hydrogen) atoms. The second-order valence-corrected chi connectivity index (χ2v) is 2.83. The van der Waals surface area contributed by atoms with Gasteiger partial charge in [0.2, 0.25) is 5.69 Å². The normalized spacial score (nSPS) is 10.5. The summed E-state index contributed by atoms with van der Waals surface area (Å²) in [6.07, 6.45) is 1.08. The van der Waals surface area contributed by atoms with Crippen molar-refractivity contribution in [1.29, 1.82) is 0 Å². The molecule has 0 fully saturated rings. The molecule has 2 heterocycles. The minimum atomic E-state index is -1.35. The van der Waals surface area contributed by atoms with Crippen molar-refractivity contribution in [2.24, 2.45) is 0 Å². The lowest BCUT2D eigenvalue weighted by Gasteiger charge is -2.01. The van der Waals surface area contributed by atoms with Crippen LogP contribution in [0.1, 0.15) is 21.0 Å². The summed E-state index contributed by atoms with van der Waals surface area (Å²) in [6, 6.07) is 0. The van der Waals surface area contributed by atoms with Crippen LogP contribution in [0.25, 0.3) is 5.65 Å². The van der Waals surface area contributed by atoms with Crippen molar-refractivity contribution in [2.45, 2.75) is 0 Å². The van der Waals surface area contributed by atoms with Gasteiger partial charge in [0.25, 0.3) is 0 Å². The number of hydrogen-bond acceptors (Lipinski definition) is 6. The van der Waals surface area contributed by atoms with Gasteiger partial charge >= 0.3 is 11.9 Å². The van der Waals surface area contributed by atoms with E-state index >= 15 is 0 Å². The molecule has 0 aliphatic rings. The zero-order valence-electron chi connectivity index (χ0n) is 7.65. The van der Waals surface area contributed by atoms with Gasteiger partial charge in [-0.3, -0.25) is 4.40 Å². The van der Waals surface area contributed by atoms with E-state index in [4.69, 9.17) is 15.9 Å². The lowest BCUT2D eigenvalue weighted by Crippen LogP contribution is -2.12. The summed E-state index contributed by atoms with van der Waals surface area (Å²) in [6.45, 7) is 0. The van der Waals surface area contributed by atoms with E-state index in [1.54, 1.807) is 0 Å². The molecule has 0 saturated carbocycles. The molecule has 9 heteroatoms. The largest absolute Gasteiger partial charge is 0.476 e. The highest BCUT2D eigenvalue weighted by Crippen LogP contribution is 2.13. The quantitative estimate of drug-likeness (QED) is 0.594. The summed E-state index contributed by atoms with van der Waals surface area (Å²) in [5.41, 5.74) is 4.58. The number of fused-ring (bicyclic) bond motifs is 1. The lowest BCUT2D eigenvalue weighted by atomic mass is 10.4. The first kappa shape index (κ1) is 9.83. The van der Waals surface area contributed by atoms with Crippen LogP contribution < -0.4 is 5.73 Å². The molecule has 0 spiro atoms. The van der Waals surface area contributed by atoms with Gasteiger partial charge in [-0.2, -0.15) is 0 Å². The molecule has 0 amide bonds. The molecule has 0 saturated heterocycles. The molecular weight excluding hydrogens is 218 g/mol. The van der Waals surface area contributed by atoms with Crippen LogP contribution in [0, 0.1) is 0 Å². The van der Waals surface area contributed by atoms with Crippen molar-refractivity contribution in [3.63, 3.8) is 0 Å². The fourth-order valence-corrected chi connectivity index (χ4v) is 1.18. The molecular formula is C7H5N5O4. The fraction of sp³-hybridized carbons (Fsp3) is 0. The number of anilines is 1. The Morgan fingerprint density at radius 3 is 2.38 bits per heavy atom. The first-order valence-electron chi connectivity index (χ1n) is 3.98. The van der Waals surface area contributed by atoms with Crippen LogP contribution >= 0.6 is 0 Å². The van der Waals surface area contributed by atoms with Crippen molar-refractivity contribution in [3.8, 4) is 0 Å². The number of hydrogen-bond donors (Lipinski definition) is 3. The summed E-state index contributed by atoms with van der Waals surface area (Å²) in [4.78, 5) is 24.9. The smallest absolute Gasteiger partial charge is 0.360 e. The molecule has 0 unspecified atom stereocenters. The predicted molar refractivity (Wildman–Crippen MR) is 49.1 cm³/mol. The van der Waals surface area contributed by atoms with E-state index in [0.29, 0.717) is 0 Å². The van der Waals surface area contributed by atoms with Gasteiger partial charge in [-0.1, -0.05) is 0 Å². The van der Waals surface area contributed by atoms with E-state index in [0.717, 1.165) is 10.7 Å². The highest BCUT2D eigenvalue weighted by molar-refractivity contribution is 5.94. The van der Waals surface area contributed by atoms with Crippen LogP contribution in [-0.2, 0) is 0 Å². The number of nitrogens with two attached hydrogens (primary N) is 1. The minimum Gasteiger partial charge on any atom is -0.476 e. The van der Waals surface area contributed by atoms with E-state index in [1.165, 1.54) is 0 Å². The molecule has 2 rings (SSSR count). The second kappa shape index (κ2) is 3.15. The van der Waals surface area contributed by atoms with Crippen molar-refractivity contribution < 1.29 is 19.8 Å². The molecule has 0 atom stereocenters. The topological polar surface area (TPSA) is 144 Å². The van der Waals surface area contributed by atoms with Gasteiger partial charge < -0.3 is 15.9 Å². The number of aromatic nitrogens is 4. The first-order chi connectivity index (χ1) is 7.52. The van der Waals surface area contributed by atoms with Crippen LogP contribution in [-0.4, -0.2) is 41.7 Å². The highest BCUT2D eigenvalue weighted by Gasteiger charge is 2.19. The number of imidazole rings is 1. The Balaban J connectivity index is 2.78. The van der Waals surface area contributed by atoms with Crippen LogP contribution in [0.3, 0.4) is 0 Å².